The van der Waals surface area contributed by atoms with Crippen LogP contribution < -0.4 is 9.47 Å². The molecule has 0 heterocycles. The van der Waals surface area contributed by atoms with Crippen LogP contribution in [0.1, 0.15) is 69.1 Å². The largest absolute Gasteiger partial charge is 0.491 e. The van der Waals surface area contributed by atoms with Gasteiger partial charge in [-0.2, -0.15) is 0 Å². The van der Waals surface area contributed by atoms with Gasteiger partial charge in [0.2, 0.25) is 0 Å². The molecule has 0 spiro atoms. The van der Waals surface area contributed by atoms with E-state index in [-0.39, 0.29) is 88.3 Å². The first-order chi connectivity index (χ1) is 20.3. The molecular formula is C30H38O12. The summed E-state index contributed by atoms with van der Waals surface area (Å²) >= 11 is 0. The highest BCUT2D eigenvalue weighted by molar-refractivity contribution is 5.97. The van der Waals surface area contributed by atoms with Crippen molar-refractivity contribution >= 4 is 23.9 Å². The normalized spacial score (nSPS) is 10.5. The fourth-order valence-corrected chi connectivity index (χ4v) is 3.45. The second kappa shape index (κ2) is 19.1. The third-order valence-electron chi connectivity index (χ3n) is 5.22. The van der Waals surface area contributed by atoms with Gasteiger partial charge < -0.3 is 37.9 Å². The Labute approximate surface area is 245 Å². The number of hydrogen-bond acceptors (Lipinski definition) is 12. The summed E-state index contributed by atoms with van der Waals surface area (Å²) in [5.74, 6) is -1.68. The maximum absolute atomic E-state index is 12.2. The quantitative estimate of drug-likeness (QED) is 0.133. The van der Waals surface area contributed by atoms with Gasteiger partial charge in [0.05, 0.1) is 75.1 Å². The number of esters is 4. The molecule has 230 valence electrons. The van der Waals surface area contributed by atoms with E-state index in [1.807, 2.05) is 0 Å². The SMILES string of the molecule is CCOC(=O)c1cc(OCCOCCOCCOc2cc(C(=O)OCC)cc(C(=O)OCC)c2)cc(C(=O)OCC)c1. The van der Waals surface area contributed by atoms with Crippen LogP contribution in [0, 0.1) is 0 Å². The minimum atomic E-state index is -0.572. The van der Waals surface area contributed by atoms with Gasteiger partial charge >= 0.3 is 23.9 Å². The summed E-state index contributed by atoms with van der Waals surface area (Å²) in [7, 11) is 0. The molecule has 0 amide bonds. The standard InChI is InChI=1S/C30H38O12/c1-5-37-27(31)21-15-22(28(32)38-6-2)18-25(17-21)41-13-11-35-9-10-36-12-14-42-26-19-23(29(33)39-7-3)16-24(20-26)30(34)40-8-4/h15-20H,5-14H2,1-4H3. The fourth-order valence-electron chi connectivity index (χ4n) is 3.45. The van der Waals surface area contributed by atoms with E-state index in [4.69, 9.17) is 37.9 Å². The predicted molar refractivity (Wildman–Crippen MR) is 149 cm³/mol. The molecule has 0 fully saturated rings. The van der Waals surface area contributed by atoms with Crippen LogP contribution in [0.3, 0.4) is 0 Å². The average Bonchev–Trinajstić information content (AvgIpc) is 2.98. The van der Waals surface area contributed by atoms with Crippen molar-refractivity contribution in [2.75, 3.05) is 66.1 Å². The molecule has 0 unspecified atom stereocenters. The Balaban J connectivity index is 1.75. The van der Waals surface area contributed by atoms with Gasteiger partial charge in [-0.15, -0.1) is 0 Å². The molecule has 0 aliphatic rings. The molecule has 0 atom stereocenters. The number of benzene rings is 2. The van der Waals surface area contributed by atoms with Gasteiger partial charge in [0.15, 0.2) is 0 Å². The molecule has 2 aromatic carbocycles. The molecule has 12 heteroatoms. The van der Waals surface area contributed by atoms with E-state index < -0.39 is 23.9 Å². The molecule has 12 nitrogen and oxygen atoms in total. The predicted octanol–water partition coefficient (Wildman–Crippen LogP) is 3.88. The maximum atomic E-state index is 12.2. The topological polar surface area (TPSA) is 142 Å². The molecule has 0 saturated carbocycles. The first-order valence-electron chi connectivity index (χ1n) is 13.7. The third kappa shape index (κ3) is 11.8. The molecule has 0 bridgehead atoms. The second-order valence-electron chi connectivity index (χ2n) is 8.30. The van der Waals surface area contributed by atoms with Gasteiger partial charge in [0.1, 0.15) is 24.7 Å². The molecule has 42 heavy (non-hydrogen) atoms. The number of carbonyl (C=O) groups is 4. The number of hydrogen-bond donors (Lipinski definition) is 0. The molecule has 0 N–H and O–H groups in total. The minimum absolute atomic E-state index is 0.164. The van der Waals surface area contributed by atoms with Crippen LogP contribution in [0.5, 0.6) is 11.5 Å². The lowest BCUT2D eigenvalue weighted by Crippen LogP contribution is -2.14. The molecule has 0 aliphatic heterocycles. The van der Waals surface area contributed by atoms with Crippen molar-refractivity contribution in [2.45, 2.75) is 27.7 Å². The van der Waals surface area contributed by atoms with Crippen molar-refractivity contribution in [3.63, 3.8) is 0 Å². The molecular weight excluding hydrogens is 552 g/mol. The Kier molecular flexibility index (Phi) is 15.4. The Morgan fingerprint density at radius 3 is 0.952 bits per heavy atom. The van der Waals surface area contributed by atoms with Crippen molar-refractivity contribution in [2.24, 2.45) is 0 Å². The highest BCUT2D eigenvalue weighted by atomic mass is 16.6. The Morgan fingerprint density at radius 2 is 0.690 bits per heavy atom. The van der Waals surface area contributed by atoms with Crippen LogP contribution in [-0.2, 0) is 28.4 Å². The van der Waals surface area contributed by atoms with Gasteiger partial charge in [-0.25, -0.2) is 19.2 Å². The lowest BCUT2D eigenvalue weighted by atomic mass is 10.1. The molecule has 2 rings (SSSR count). The first-order valence-corrected chi connectivity index (χ1v) is 13.7. The van der Waals surface area contributed by atoms with Crippen molar-refractivity contribution in [3.8, 4) is 11.5 Å². The zero-order valence-electron chi connectivity index (χ0n) is 24.4. The zero-order chi connectivity index (χ0) is 30.7. The van der Waals surface area contributed by atoms with Crippen molar-refractivity contribution in [1.82, 2.24) is 0 Å². The summed E-state index contributed by atoms with van der Waals surface area (Å²) in [5.41, 5.74) is 0.717. The van der Waals surface area contributed by atoms with Crippen LogP contribution in [-0.4, -0.2) is 89.9 Å². The third-order valence-corrected chi connectivity index (χ3v) is 5.22. The van der Waals surface area contributed by atoms with E-state index in [9.17, 15) is 19.2 Å². The molecule has 0 aromatic heterocycles. The van der Waals surface area contributed by atoms with E-state index in [1.54, 1.807) is 27.7 Å². The van der Waals surface area contributed by atoms with E-state index in [0.29, 0.717) is 11.5 Å². The highest BCUT2D eigenvalue weighted by Crippen LogP contribution is 2.20. The highest BCUT2D eigenvalue weighted by Gasteiger charge is 2.17. The summed E-state index contributed by atoms with van der Waals surface area (Å²) in [6.07, 6.45) is 0. The number of carbonyl (C=O) groups excluding carboxylic acids is 4. The second-order valence-corrected chi connectivity index (χ2v) is 8.30. The maximum Gasteiger partial charge on any atom is 0.338 e. The average molecular weight is 591 g/mol. The van der Waals surface area contributed by atoms with Gasteiger partial charge in [0, 0.05) is 0 Å². The van der Waals surface area contributed by atoms with E-state index in [0.717, 1.165) is 0 Å². The van der Waals surface area contributed by atoms with Crippen LogP contribution in [0.2, 0.25) is 0 Å². The van der Waals surface area contributed by atoms with Crippen molar-refractivity contribution in [3.05, 3.63) is 58.7 Å². The monoisotopic (exact) mass is 590 g/mol. The van der Waals surface area contributed by atoms with Gasteiger partial charge in [-0.3, -0.25) is 0 Å². The first kappa shape index (κ1) is 34.0. The minimum Gasteiger partial charge on any atom is -0.491 e. The molecule has 0 aliphatic carbocycles. The van der Waals surface area contributed by atoms with Crippen LogP contribution in [0.4, 0.5) is 0 Å². The molecule has 0 radical (unpaired) electrons. The summed E-state index contributed by atoms with van der Waals surface area (Å²) in [4.78, 5) is 48.6. The lowest BCUT2D eigenvalue weighted by molar-refractivity contribution is 0.0272. The number of rotatable bonds is 19. The lowest BCUT2D eigenvalue weighted by Gasteiger charge is -2.12. The number of ether oxygens (including phenoxy) is 8. The summed E-state index contributed by atoms with van der Waals surface area (Å²) < 4.78 is 42.4. The Bertz CT molecular complexity index is 1010. The van der Waals surface area contributed by atoms with Crippen LogP contribution in [0.25, 0.3) is 0 Å². The smallest absolute Gasteiger partial charge is 0.338 e. The van der Waals surface area contributed by atoms with Crippen molar-refractivity contribution in [1.29, 1.82) is 0 Å². The summed E-state index contributed by atoms with van der Waals surface area (Å²) in [6.45, 7) is 8.89. The fraction of sp³-hybridized carbons (Fsp3) is 0.467. The molecule has 2 aromatic rings. The van der Waals surface area contributed by atoms with Gasteiger partial charge in [0.25, 0.3) is 0 Å². The van der Waals surface area contributed by atoms with Crippen LogP contribution >= 0.6 is 0 Å². The van der Waals surface area contributed by atoms with Crippen molar-refractivity contribution < 1.29 is 57.1 Å². The van der Waals surface area contributed by atoms with Gasteiger partial charge in [-0.05, 0) is 64.1 Å². The Morgan fingerprint density at radius 1 is 0.429 bits per heavy atom. The summed E-state index contributed by atoms with van der Waals surface area (Å²) in [5, 5.41) is 0. The van der Waals surface area contributed by atoms with E-state index in [2.05, 4.69) is 0 Å². The Hall–Kier alpha value is -4.16. The van der Waals surface area contributed by atoms with Gasteiger partial charge in [-0.1, -0.05) is 0 Å². The molecule has 0 saturated heterocycles. The zero-order valence-corrected chi connectivity index (χ0v) is 24.4. The van der Waals surface area contributed by atoms with E-state index in [1.165, 1.54) is 36.4 Å². The van der Waals surface area contributed by atoms with Crippen LogP contribution in [0.15, 0.2) is 36.4 Å². The van der Waals surface area contributed by atoms with E-state index >= 15 is 0 Å². The summed E-state index contributed by atoms with van der Waals surface area (Å²) in [6, 6.07) is 8.75.